The average molecular weight is 270 g/mol. The highest BCUT2D eigenvalue weighted by Crippen LogP contribution is 2.33. The van der Waals surface area contributed by atoms with Crippen molar-refractivity contribution < 1.29 is 13.2 Å². The van der Waals surface area contributed by atoms with Gasteiger partial charge in [0.15, 0.2) is 0 Å². The van der Waals surface area contributed by atoms with Gasteiger partial charge in [0, 0.05) is 0 Å². The zero-order valence-electron chi connectivity index (χ0n) is 11.9. The van der Waals surface area contributed by atoms with E-state index in [1.165, 1.54) is 5.57 Å². The molecular formula is C16H21F3. The maximum Gasteiger partial charge on any atom is 0.416 e. The lowest BCUT2D eigenvalue weighted by Crippen LogP contribution is -2.17. The average Bonchev–Trinajstić information content (AvgIpc) is 2.28. The van der Waals surface area contributed by atoms with Gasteiger partial charge in [0.25, 0.3) is 0 Å². The topological polar surface area (TPSA) is 0 Å². The predicted octanol–water partition coefficient (Wildman–Crippen LogP) is 5.63. The molecule has 0 heterocycles. The molecule has 0 nitrogen and oxygen atoms in total. The number of benzene rings is 1. The molecule has 0 aliphatic heterocycles. The maximum atomic E-state index is 12.5. The van der Waals surface area contributed by atoms with E-state index in [9.17, 15) is 13.2 Å². The monoisotopic (exact) mass is 270 g/mol. The van der Waals surface area contributed by atoms with E-state index in [-0.39, 0.29) is 5.41 Å². The van der Waals surface area contributed by atoms with Crippen molar-refractivity contribution in [2.75, 3.05) is 0 Å². The summed E-state index contributed by atoms with van der Waals surface area (Å²) >= 11 is 0. The summed E-state index contributed by atoms with van der Waals surface area (Å²) in [7, 11) is 0. The van der Waals surface area contributed by atoms with Crippen molar-refractivity contribution in [1.82, 2.24) is 0 Å². The molecule has 0 amide bonds. The highest BCUT2D eigenvalue weighted by atomic mass is 19.4. The lowest BCUT2D eigenvalue weighted by Gasteiger charge is -2.26. The van der Waals surface area contributed by atoms with Gasteiger partial charge < -0.3 is 0 Å². The molecule has 0 aliphatic rings. The van der Waals surface area contributed by atoms with Crippen molar-refractivity contribution in [3.8, 4) is 0 Å². The quantitative estimate of drug-likeness (QED) is 0.622. The first-order valence-corrected chi connectivity index (χ1v) is 6.50. The second-order valence-electron chi connectivity index (χ2n) is 5.55. The minimum Gasteiger partial charge on any atom is -0.166 e. The summed E-state index contributed by atoms with van der Waals surface area (Å²) in [6, 6.07) is 5.46. The molecule has 0 bridgehead atoms. The third-order valence-corrected chi connectivity index (χ3v) is 3.51. The van der Waals surface area contributed by atoms with Gasteiger partial charge in [0.05, 0.1) is 5.56 Å². The van der Waals surface area contributed by atoms with Crippen molar-refractivity contribution in [1.29, 1.82) is 0 Å². The third-order valence-electron chi connectivity index (χ3n) is 3.51. The Hall–Kier alpha value is -1.25. The van der Waals surface area contributed by atoms with Gasteiger partial charge >= 0.3 is 6.18 Å². The standard InChI is InChI=1S/C16H21F3/c1-5-6-12(2)15(3,4)11-13-7-9-14(10-8-13)16(17,18)19/h6-10H,5,11H2,1-4H3/b12-6-. The van der Waals surface area contributed by atoms with E-state index in [2.05, 4.69) is 33.8 Å². The number of rotatable bonds is 4. The zero-order valence-corrected chi connectivity index (χ0v) is 11.9. The van der Waals surface area contributed by atoms with Crippen molar-refractivity contribution in [3.63, 3.8) is 0 Å². The molecule has 1 aromatic carbocycles. The Kier molecular flexibility index (Phi) is 4.83. The SMILES string of the molecule is CC/C=C(/C)C(C)(C)Cc1ccc(C(F)(F)F)cc1. The first-order chi connectivity index (χ1) is 8.66. The molecule has 0 spiro atoms. The Morgan fingerprint density at radius 3 is 2.05 bits per heavy atom. The molecule has 1 aromatic rings. The zero-order chi connectivity index (χ0) is 14.7. The van der Waals surface area contributed by atoms with Crippen molar-refractivity contribution in [3.05, 3.63) is 47.0 Å². The number of alkyl halides is 3. The largest absolute Gasteiger partial charge is 0.416 e. The number of allylic oxidation sites excluding steroid dienone is 2. The van der Waals surface area contributed by atoms with Crippen LogP contribution in [0.25, 0.3) is 0 Å². The molecule has 0 unspecified atom stereocenters. The summed E-state index contributed by atoms with van der Waals surface area (Å²) in [6.45, 7) is 8.39. The molecule has 106 valence electrons. The number of hydrogen-bond acceptors (Lipinski definition) is 0. The van der Waals surface area contributed by atoms with E-state index < -0.39 is 11.7 Å². The predicted molar refractivity (Wildman–Crippen MR) is 73.0 cm³/mol. The van der Waals surface area contributed by atoms with Gasteiger partial charge in [0.2, 0.25) is 0 Å². The van der Waals surface area contributed by atoms with Crippen LogP contribution in [0.15, 0.2) is 35.9 Å². The number of hydrogen-bond donors (Lipinski definition) is 0. The van der Waals surface area contributed by atoms with Crippen LogP contribution in [0.4, 0.5) is 13.2 Å². The van der Waals surface area contributed by atoms with Crippen LogP contribution in [-0.2, 0) is 12.6 Å². The first-order valence-electron chi connectivity index (χ1n) is 6.50. The van der Waals surface area contributed by atoms with Gasteiger partial charge in [-0.15, -0.1) is 0 Å². The highest BCUT2D eigenvalue weighted by Gasteiger charge is 2.30. The summed E-state index contributed by atoms with van der Waals surface area (Å²) in [5, 5.41) is 0. The lowest BCUT2D eigenvalue weighted by molar-refractivity contribution is -0.137. The van der Waals surface area contributed by atoms with Crippen LogP contribution in [0.3, 0.4) is 0 Å². The van der Waals surface area contributed by atoms with Gasteiger partial charge in [-0.2, -0.15) is 13.2 Å². The van der Waals surface area contributed by atoms with Crippen LogP contribution in [0.5, 0.6) is 0 Å². The molecule has 0 saturated carbocycles. The van der Waals surface area contributed by atoms with Gasteiger partial charge in [-0.3, -0.25) is 0 Å². The Morgan fingerprint density at radius 2 is 1.63 bits per heavy atom. The fourth-order valence-corrected chi connectivity index (χ4v) is 2.04. The second-order valence-corrected chi connectivity index (χ2v) is 5.55. The summed E-state index contributed by atoms with van der Waals surface area (Å²) < 4.78 is 37.4. The highest BCUT2D eigenvalue weighted by molar-refractivity contribution is 5.27. The van der Waals surface area contributed by atoms with Crippen LogP contribution in [-0.4, -0.2) is 0 Å². The smallest absolute Gasteiger partial charge is 0.166 e. The summed E-state index contributed by atoms with van der Waals surface area (Å²) in [6.07, 6.45) is -0.369. The van der Waals surface area contributed by atoms with E-state index in [1.54, 1.807) is 12.1 Å². The molecule has 19 heavy (non-hydrogen) atoms. The number of halogens is 3. The van der Waals surface area contributed by atoms with Gasteiger partial charge in [-0.05, 0) is 42.9 Å². The molecule has 0 radical (unpaired) electrons. The molecule has 0 N–H and O–H groups in total. The van der Waals surface area contributed by atoms with Gasteiger partial charge in [-0.25, -0.2) is 0 Å². The van der Waals surface area contributed by atoms with Crippen molar-refractivity contribution in [2.24, 2.45) is 5.41 Å². The molecule has 3 heteroatoms. The van der Waals surface area contributed by atoms with E-state index >= 15 is 0 Å². The summed E-state index contributed by atoms with van der Waals surface area (Å²) in [4.78, 5) is 0. The molecule has 0 fully saturated rings. The van der Waals surface area contributed by atoms with E-state index in [0.29, 0.717) is 0 Å². The second kappa shape index (κ2) is 5.81. The normalized spacial score (nSPS) is 13.7. The minimum atomic E-state index is -4.26. The Bertz CT molecular complexity index is 436. The molecule has 1 rings (SSSR count). The Balaban J connectivity index is 2.86. The van der Waals surface area contributed by atoms with Crippen LogP contribution >= 0.6 is 0 Å². The van der Waals surface area contributed by atoms with E-state index in [1.807, 2.05) is 0 Å². The molecule has 0 atom stereocenters. The lowest BCUT2D eigenvalue weighted by atomic mass is 9.79. The van der Waals surface area contributed by atoms with E-state index in [4.69, 9.17) is 0 Å². The Morgan fingerprint density at radius 1 is 1.11 bits per heavy atom. The fraction of sp³-hybridized carbons (Fsp3) is 0.500. The molecular weight excluding hydrogens is 249 g/mol. The third kappa shape index (κ3) is 4.41. The fourth-order valence-electron chi connectivity index (χ4n) is 2.04. The molecule has 0 aromatic heterocycles. The maximum absolute atomic E-state index is 12.5. The first kappa shape index (κ1) is 15.8. The van der Waals surface area contributed by atoms with Gasteiger partial charge in [0.1, 0.15) is 0 Å². The Labute approximate surface area is 113 Å². The van der Waals surface area contributed by atoms with E-state index in [0.717, 1.165) is 30.5 Å². The van der Waals surface area contributed by atoms with Crippen molar-refractivity contribution in [2.45, 2.75) is 46.7 Å². The minimum absolute atomic E-state index is 0.0320. The molecule has 0 saturated heterocycles. The molecule has 0 aliphatic carbocycles. The van der Waals surface area contributed by atoms with Crippen molar-refractivity contribution >= 4 is 0 Å². The van der Waals surface area contributed by atoms with Crippen LogP contribution in [0.1, 0.15) is 45.2 Å². The summed E-state index contributed by atoms with van der Waals surface area (Å²) in [5.41, 5.74) is 1.59. The van der Waals surface area contributed by atoms with Crippen LogP contribution in [0.2, 0.25) is 0 Å². The summed E-state index contributed by atoms with van der Waals surface area (Å²) in [5.74, 6) is 0. The van der Waals surface area contributed by atoms with Gasteiger partial charge in [-0.1, -0.05) is 44.6 Å². The van der Waals surface area contributed by atoms with Crippen LogP contribution in [0, 0.1) is 5.41 Å². The van der Waals surface area contributed by atoms with Crippen LogP contribution < -0.4 is 0 Å².